The SMILES string of the molecule is Cc1c(F)cc(CCCCC2CCC(C3CCC(C)CC3)CC2)cc1F.Cc1ccc(CCCCC2CCC(C3CCC(C)CC3)CC2)cc1F. The van der Waals surface area contributed by atoms with Gasteiger partial charge in [-0.3, -0.25) is 0 Å². The van der Waals surface area contributed by atoms with Gasteiger partial charge in [0.25, 0.3) is 0 Å². The highest BCUT2D eigenvalue weighted by Gasteiger charge is 2.31. The molecule has 4 aliphatic rings. The number of rotatable bonds is 12. The molecule has 0 bridgehead atoms. The molecule has 6 rings (SSSR count). The quantitative estimate of drug-likeness (QED) is 0.193. The zero-order valence-electron chi connectivity index (χ0n) is 33.1. The van der Waals surface area contributed by atoms with Crippen molar-refractivity contribution in [1.82, 2.24) is 0 Å². The first kappa shape index (κ1) is 40.4. The van der Waals surface area contributed by atoms with Crippen molar-refractivity contribution in [2.24, 2.45) is 47.3 Å². The molecular weight excluding hydrogens is 634 g/mol. The van der Waals surface area contributed by atoms with Gasteiger partial charge in [-0.05, 0) is 173 Å². The predicted octanol–water partition coefficient (Wildman–Crippen LogP) is 15.1. The number of hydrogen-bond acceptors (Lipinski definition) is 0. The molecule has 286 valence electrons. The van der Waals surface area contributed by atoms with Crippen LogP contribution >= 0.6 is 0 Å². The van der Waals surface area contributed by atoms with Crippen molar-refractivity contribution in [3.63, 3.8) is 0 Å². The molecule has 0 unspecified atom stereocenters. The maximum absolute atomic E-state index is 13.6. The fourth-order valence-corrected chi connectivity index (χ4v) is 10.6. The minimum Gasteiger partial charge on any atom is -0.207 e. The summed E-state index contributed by atoms with van der Waals surface area (Å²) >= 11 is 0. The first-order valence-electron chi connectivity index (χ1n) is 21.8. The number of aryl methyl sites for hydroxylation is 3. The van der Waals surface area contributed by atoms with Crippen LogP contribution in [0.1, 0.15) is 177 Å². The molecule has 0 heterocycles. The number of hydrogen-bond donors (Lipinski definition) is 0. The molecule has 0 saturated heterocycles. The lowest BCUT2D eigenvalue weighted by Gasteiger charge is -2.37. The van der Waals surface area contributed by atoms with Crippen LogP contribution in [0.2, 0.25) is 0 Å². The monoisotopic (exact) mass is 707 g/mol. The van der Waals surface area contributed by atoms with Gasteiger partial charge in [0.15, 0.2) is 0 Å². The number of halogens is 3. The second kappa shape index (κ2) is 20.6. The number of benzene rings is 2. The lowest BCUT2D eigenvalue weighted by Crippen LogP contribution is -2.25. The summed E-state index contributed by atoms with van der Waals surface area (Å²) in [6, 6.07) is 8.75. The van der Waals surface area contributed by atoms with E-state index >= 15 is 0 Å². The highest BCUT2D eigenvalue weighted by molar-refractivity contribution is 5.25. The lowest BCUT2D eigenvalue weighted by molar-refractivity contribution is 0.146. The van der Waals surface area contributed by atoms with E-state index in [4.69, 9.17) is 0 Å². The molecule has 0 atom stereocenters. The molecule has 3 heteroatoms. The topological polar surface area (TPSA) is 0 Å². The summed E-state index contributed by atoms with van der Waals surface area (Å²) in [6.45, 7) is 8.17. The largest absolute Gasteiger partial charge is 0.207 e. The third-order valence-electron chi connectivity index (χ3n) is 14.5. The molecule has 4 saturated carbocycles. The van der Waals surface area contributed by atoms with Crippen LogP contribution in [0, 0.1) is 78.6 Å². The molecule has 0 aliphatic heterocycles. The fraction of sp³-hybridized carbons (Fsp3) is 0.750. The summed E-state index contributed by atoms with van der Waals surface area (Å²) in [5, 5.41) is 0. The average molecular weight is 707 g/mol. The summed E-state index contributed by atoms with van der Waals surface area (Å²) in [6.07, 6.45) is 32.7. The third-order valence-corrected chi connectivity index (χ3v) is 14.5. The zero-order chi connectivity index (χ0) is 36.2. The minimum absolute atomic E-state index is 0.0482. The second-order valence-electron chi connectivity index (χ2n) is 18.4. The standard InChI is InChI=1S/C24H36F2.C24H37F/c1-17-7-11-21(12-8-17)22-13-9-19(10-14-22)5-3-4-6-20-15-23(25)18(2)24(26)16-20;1-18-7-13-22(14-8-18)23-15-11-20(12-16-23)5-3-4-6-21-10-9-19(2)24(25)17-21/h15-17,19,21-22H,3-14H2,1-2H3;9-10,17-18,20,22-23H,3-8,11-16H2,1-2H3. The van der Waals surface area contributed by atoms with Gasteiger partial charge in [-0.1, -0.05) is 103 Å². The molecule has 4 fully saturated rings. The van der Waals surface area contributed by atoms with Crippen molar-refractivity contribution in [3.05, 3.63) is 70.0 Å². The molecule has 4 aliphatic carbocycles. The van der Waals surface area contributed by atoms with Gasteiger partial charge in [-0.2, -0.15) is 0 Å². The van der Waals surface area contributed by atoms with Crippen LogP contribution in [0.25, 0.3) is 0 Å². The predicted molar refractivity (Wildman–Crippen MR) is 210 cm³/mol. The van der Waals surface area contributed by atoms with Crippen molar-refractivity contribution in [2.75, 3.05) is 0 Å². The van der Waals surface area contributed by atoms with Crippen molar-refractivity contribution in [3.8, 4) is 0 Å². The Balaban J connectivity index is 0.000000198. The second-order valence-corrected chi connectivity index (χ2v) is 18.4. The van der Waals surface area contributed by atoms with E-state index in [0.717, 1.165) is 77.7 Å². The van der Waals surface area contributed by atoms with Gasteiger partial charge in [0.05, 0.1) is 0 Å². The molecule has 0 spiro atoms. The van der Waals surface area contributed by atoms with Gasteiger partial charge in [-0.15, -0.1) is 0 Å². The first-order valence-corrected chi connectivity index (χ1v) is 21.8. The van der Waals surface area contributed by atoms with Gasteiger partial charge in [0, 0.05) is 5.56 Å². The third kappa shape index (κ3) is 12.9. The Morgan fingerprint density at radius 2 is 0.824 bits per heavy atom. The smallest absolute Gasteiger partial charge is 0.129 e. The van der Waals surface area contributed by atoms with Gasteiger partial charge < -0.3 is 0 Å². The van der Waals surface area contributed by atoms with E-state index in [9.17, 15) is 13.2 Å². The average Bonchev–Trinajstić information content (AvgIpc) is 3.14. The normalized spacial score (nSPS) is 30.0. The maximum Gasteiger partial charge on any atom is 0.129 e. The van der Waals surface area contributed by atoms with Crippen LogP contribution in [0.4, 0.5) is 13.2 Å². The molecule has 0 radical (unpaired) electrons. The highest BCUT2D eigenvalue weighted by Crippen LogP contribution is 2.43. The Bertz CT molecular complexity index is 1260. The summed E-state index contributed by atoms with van der Waals surface area (Å²) in [4.78, 5) is 0. The van der Waals surface area contributed by atoms with Crippen molar-refractivity contribution < 1.29 is 13.2 Å². The van der Waals surface area contributed by atoms with Gasteiger partial charge in [0.1, 0.15) is 17.5 Å². The van der Waals surface area contributed by atoms with Crippen molar-refractivity contribution in [1.29, 1.82) is 0 Å². The molecule has 2 aromatic rings. The molecule has 2 aromatic carbocycles. The molecule has 0 nitrogen and oxygen atoms in total. The van der Waals surface area contributed by atoms with E-state index < -0.39 is 11.6 Å². The molecule has 0 aromatic heterocycles. The van der Waals surface area contributed by atoms with Crippen LogP contribution in [0.5, 0.6) is 0 Å². The first-order chi connectivity index (χ1) is 24.6. The Morgan fingerprint density at radius 3 is 1.24 bits per heavy atom. The highest BCUT2D eigenvalue weighted by atomic mass is 19.1. The van der Waals surface area contributed by atoms with Gasteiger partial charge >= 0.3 is 0 Å². The van der Waals surface area contributed by atoms with Crippen LogP contribution in [-0.2, 0) is 12.8 Å². The van der Waals surface area contributed by atoms with Crippen molar-refractivity contribution in [2.45, 2.75) is 182 Å². The molecule has 0 amide bonds. The van der Waals surface area contributed by atoms with Gasteiger partial charge in [0.2, 0.25) is 0 Å². The van der Waals surface area contributed by atoms with E-state index in [1.54, 1.807) is 6.07 Å². The number of unbranched alkanes of at least 4 members (excludes halogenated alkanes) is 2. The van der Waals surface area contributed by atoms with Crippen LogP contribution < -0.4 is 0 Å². The van der Waals surface area contributed by atoms with E-state index in [1.807, 2.05) is 13.0 Å². The molecule has 51 heavy (non-hydrogen) atoms. The van der Waals surface area contributed by atoms with Crippen LogP contribution in [0.3, 0.4) is 0 Å². The van der Waals surface area contributed by atoms with E-state index in [-0.39, 0.29) is 11.4 Å². The van der Waals surface area contributed by atoms with E-state index in [1.165, 1.54) is 159 Å². The zero-order valence-corrected chi connectivity index (χ0v) is 33.1. The Kier molecular flexibility index (Phi) is 16.3. The maximum atomic E-state index is 13.6. The molecular formula is C48H73F3. The summed E-state index contributed by atoms with van der Waals surface area (Å²) < 4.78 is 40.8. The lowest BCUT2D eigenvalue weighted by atomic mass is 9.69. The summed E-state index contributed by atoms with van der Waals surface area (Å²) in [5.74, 6) is 7.03. The van der Waals surface area contributed by atoms with Crippen LogP contribution in [0.15, 0.2) is 30.3 Å². The Morgan fingerprint density at radius 1 is 0.451 bits per heavy atom. The molecule has 0 N–H and O–H groups in total. The summed E-state index contributed by atoms with van der Waals surface area (Å²) in [5.41, 5.74) is 2.87. The van der Waals surface area contributed by atoms with E-state index in [0.29, 0.717) is 0 Å². The van der Waals surface area contributed by atoms with Crippen LogP contribution in [-0.4, -0.2) is 0 Å². The fourth-order valence-electron chi connectivity index (χ4n) is 10.6. The van der Waals surface area contributed by atoms with E-state index in [2.05, 4.69) is 19.9 Å². The van der Waals surface area contributed by atoms with Crippen molar-refractivity contribution >= 4 is 0 Å². The summed E-state index contributed by atoms with van der Waals surface area (Å²) in [7, 11) is 0. The minimum atomic E-state index is -0.407. The van der Waals surface area contributed by atoms with Gasteiger partial charge in [-0.25, -0.2) is 13.2 Å². The Labute approximate surface area is 311 Å². The Hall–Kier alpha value is -1.77.